The van der Waals surface area contributed by atoms with Gasteiger partial charge in [-0.2, -0.15) is 0 Å². The Hall–Kier alpha value is -4.21. The average molecular weight is 548 g/mol. The number of esters is 1. The van der Waals surface area contributed by atoms with Crippen LogP contribution in [0.4, 0.5) is 0 Å². The number of benzene rings is 3. The largest absolute Gasteiger partial charge is 0.464 e. The zero-order valence-corrected chi connectivity index (χ0v) is 21.8. The van der Waals surface area contributed by atoms with Gasteiger partial charge in [-0.15, -0.1) is 0 Å². The third kappa shape index (κ3) is 4.85. The van der Waals surface area contributed by atoms with Gasteiger partial charge in [0.25, 0.3) is 15.9 Å². The summed E-state index contributed by atoms with van der Waals surface area (Å²) in [5.41, 5.74) is 2.02. The van der Waals surface area contributed by atoms with E-state index in [0.717, 1.165) is 27.9 Å². The molecule has 0 spiro atoms. The highest BCUT2D eigenvalue weighted by Crippen LogP contribution is 2.29. The maximum atomic E-state index is 13.6. The first kappa shape index (κ1) is 25.4. The van der Waals surface area contributed by atoms with Gasteiger partial charge < -0.3 is 9.64 Å². The molecule has 192 valence electrons. The predicted octanol–water partition coefficient (Wildman–Crippen LogP) is 4.72. The Bertz CT molecular complexity index is 1670. The second-order valence-corrected chi connectivity index (χ2v) is 10.8. The van der Waals surface area contributed by atoms with Crippen molar-refractivity contribution in [3.05, 3.63) is 108 Å². The predicted molar refractivity (Wildman–Crippen MR) is 144 cm³/mol. The Balaban J connectivity index is 1.44. The fraction of sp³-hybridized carbons (Fsp3) is 0.107. The number of carbonyl (C=O) groups is 2. The normalized spacial score (nSPS) is 13.8. The van der Waals surface area contributed by atoms with E-state index in [0.29, 0.717) is 16.0 Å². The minimum absolute atomic E-state index is 0.00797. The van der Waals surface area contributed by atoms with Crippen molar-refractivity contribution in [1.82, 2.24) is 14.2 Å². The van der Waals surface area contributed by atoms with Gasteiger partial charge in [0.1, 0.15) is 0 Å². The van der Waals surface area contributed by atoms with Gasteiger partial charge in [-0.1, -0.05) is 35.9 Å². The van der Waals surface area contributed by atoms with Crippen LogP contribution in [0, 0.1) is 0 Å². The van der Waals surface area contributed by atoms with Gasteiger partial charge >= 0.3 is 5.97 Å². The summed E-state index contributed by atoms with van der Waals surface area (Å²) in [5.74, 6) is -1.24. The van der Waals surface area contributed by atoms with Crippen molar-refractivity contribution in [2.45, 2.75) is 4.90 Å². The SMILES string of the molecule is COC(=O)C1=CN(C(=O)c2ccc(-c3ccncc3)cc2)CCN1S(=O)(=O)c1ccc2cc(Cl)ccc2c1. The van der Waals surface area contributed by atoms with Crippen LogP contribution in [0.25, 0.3) is 21.9 Å². The number of hydrogen-bond acceptors (Lipinski definition) is 6. The number of carbonyl (C=O) groups excluding carboxylic acids is 2. The molecule has 0 saturated carbocycles. The molecule has 4 aromatic rings. The van der Waals surface area contributed by atoms with Gasteiger partial charge in [0.2, 0.25) is 0 Å². The Morgan fingerprint density at radius 3 is 2.24 bits per heavy atom. The van der Waals surface area contributed by atoms with Gasteiger partial charge in [0, 0.05) is 35.7 Å². The molecule has 0 unspecified atom stereocenters. The van der Waals surface area contributed by atoms with E-state index in [4.69, 9.17) is 16.3 Å². The van der Waals surface area contributed by atoms with Crippen LogP contribution in [0.15, 0.2) is 102 Å². The molecule has 1 aromatic heterocycles. The zero-order chi connectivity index (χ0) is 26.9. The Labute approximate surface area is 224 Å². The van der Waals surface area contributed by atoms with Crippen molar-refractivity contribution in [2.24, 2.45) is 0 Å². The Morgan fingerprint density at radius 2 is 1.53 bits per heavy atom. The van der Waals surface area contributed by atoms with Crippen molar-refractivity contribution in [3.63, 3.8) is 0 Å². The number of methoxy groups -OCH3 is 1. The topological polar surface area (TPSA) is 96.9 Å². The fourth-order valence-electron chi connectivity index (χ4n) is 4.26. The third-order valence-corrected chi connectivity index (χ3v) is 8.30. The van der Waals surface area contributed by atoms with Crippen LogP contribution in [0.2, 0.25) is 5.02 Å². The molecule has 1 amide bonds. The van der Waals surface area contributed by atoms with E-state index in [9.17, 15) is 18.0 Å². The maximum absolute atomic E-state index is 13.6. The van der Waals surface area contributed by atoms with Crippen molar-refractivity contribution in [3.8, 4) is 11.1 Å². The molecular weight excluding hydrogens is 526 g/mol. The monoisotopic (exact) mass is 547 g/mol. The molecule has 1 aliphatic heterocycles. The van der Waals surface area contributed by atoms with E-state index in [1.54, 1.807) is 48.8 Å². The van der Waals surface area contributed by atoms with Crippen LogP contribution in [0.3, 0.4) is 0 Å². The number of halogens is 1. The smallest absolute Gasteiger partial charge is 0.356 e. The minimum Gasteiger partial charge on any atom is -0.464 e. The molecule has 0 saturated heterocycles. The number of aromatic nitrogens is 1. The zero-order valence-electron chi connectivity index (χ0n) is 20.2. The molecule has 5 rings (SSSR count). The second-order valence-electron chi connectivity index (χ2n) is 8.55. The van der Waals surface area contributed by atoms with Crippen molar-refractivity contribution in [1.29, 1.82) is 0 Å². The van der Waals surface area contributed by atoms with Crippen LogP contribution in [0.1, 0.15) is 10.4 Å². The molecule has 38 heavy (non-hydrogen) atoms. The molecule has 0 bridgehead atoms. The standard InChI is InChI=1S/C28H22ClN3O5S/c1-37-28(34)26-18-31(27(33)21-4-2-19(3-5-21)20-10-12-30-13-11-20)14-15-32(26)38(35,36)25-9-7-22-16-24(29)8-6-23(22)17-25/h2-13,16-18H,14-15H2,1H3. The van der Waals surface area contributed by atoms with Gasteiger partial charge in [0.15, 0.2) is 5.70 Å². The van der Waals surface area contributed by atoms with Crippen LogP contribution in [-0.4, -0.2) is 54.7 Å². The van der Waals surface area contributed by atoms with Crippen LogP contribution >= 0.6 is 11.6 Å². The fourth-order valence-corrected chi connectivity index (χ4v) is 5.92. The second kappa shape index (κ2) is 10.3. The summed E-state index contributed by atoms with van der Waals surface area (Å²) in [6, 6.07) is 20.5. The number of sulfonamides is 1. The van der Waals surface area contributed by atoms with E-state index >= 15 is 0 Å². The van der Waals surface area contributed by atoms with Crippen molar-refractivity contribution >= 4 is 44.3 Å². The molecule has 3 aromatic carbocycles. The molecule has 8 nitrogen and oxygen atoms in total. The third-order valence-electron chi connectivity index (χ3n) is 6.25. The highest BCUT2D eigenvalue weighted by atomic mass is 35.5. The van der Waals surface area contributed by atoms with E-state index in [1.165, 1.54) is 23.2 Å². The highest BCUT2D eigenvalue weighted by Gasteiger charge is 2.35. The number of amides is 1. The van der Waals surface area contributed by atoms with Crippen LogP contribution in [-0.2, 0) is 19.6 Å². The van der Waals surface area contributed by atoms with Gasteiger partial charge in [-0.25, -0.2) is 13.2 Å². The molecule has 2 heterocycles. The summed E-state index contributed by atoms with van der Waals surface area (Å²) >= 11 is 6.04. The van der Waals surface area contributed by atoms with Crippen molar-refractivity contribution < 1.29 is 22.7 Å². The summed E-state index contributed by atoms with van der Waals surface area (Å²) < 4.78 is 33.0. The lowest BCUT2D eigenvalue weighted by atomic mass is 10.0. The lowest BCUT2D eigenvalue weighted by Crippen LogP contribution is -2.45. The van der Waals surface area contributed by atoms with Crippen LogP contribution in [0.5, 0.6) is 0 Å². The molecule has 0 aliphatic carbocycles. The molecule has 0 atom stereocenters. The van der Waals surface area contributed by atoms with Gasteiger partial charge in [0.05, 0.1) is 18.6 Å². The summed E-state index contributed by atoms with van der Waals surface area (Å²) in [5, 5.41) is 2.01. The van der Waals surface area contributed by atoms with E-state index < -0.39 is 16.0 Å². The summed E-state index contributed by atoms with van der Waals surface area (Å²) in [4.78, 5) is 31.2. The number of pyridine rings is 1. The first-order chi connectivity index (χ1) is 18.3. The first-order valence-corrected chi connectivity index (χ1v) is 13.4. The van der Waals surface area contributed by atoms with Gasteiger partial charge in [-0.05, 0) is 70.4 Å². The van der Waals surface area contributed by atoms with E-state index in [1.807, 2.05) is 24.3 Å². The summed E-state index contributed by atoms with van der Waals surface area (Å²) in [7, 11) is -2.97. The first-order valence-electron chi connectivity index (χ1n) is 11.6. The highest BCUT2D eigenvalue weighted by molar-refractivity contribution is 7.89. The van der Waals surface area contributed by atoms with Crippen LogP contribution < -0.4 is 0 Å². The maximum Gasteiger partial charge on any atom is 0.356 e. The van der Waals surface area contributed by atoms with E-state index in [2.05, 4.69) is 4.98 Å². The number of hydrogen-bond donors (Lipinski definition) is 0. The molecule has 10 heteroatoms. The lowest BCUT2D eigenvalue weighted by molar-refractivity contribution is -0.137. The molecule has 0 N–H and O–H groups in total. The summed E-state index contributed by atoms with van der Waals surface area (Å²) in [6.07, 6.45) is 4.61. The Kier molecular flexibility index (Phi) is 6.88. The number of ether oxygens (including phenoxy) is 1. The number of rotatable bonds is 5. The molecular formula is C28H22ClN3O5S. The van der Waals surface area contributed by atoms with E-state index in [-0.39, 0.29) is 29.6 Å². The average Bonchev–Trinajstić information content (AvgIpc) is 2.96. The minimum atomic E-state index is -4.13. The molecule has 0 radical (unpaired) electrons. The molecule has 1 aliphatic rings. The quantitative estimate of drug-likeness (QED) is 0.336. The number of nitrogens with zero attached hydrogens (tertiary/aromatic N) is 3. The lowest BCUT2D eigenvalue weighted by Gasteiger charge is -2.33. The number of fused-ring (bicyclic) bond motifs is 1. The van der Waals surface area contributed by atoms with Crippen molar-refractivity contribution in [2.75, 3.05) is 20.2 Å². The molecule has 0 fully saturated rings. The summed E-state index contributed by atoms with van der Waals surface area (Å²) in [6.45, 7) is -0.0728. The Morgan fingerprint density at radius 1 is 0.868 bits per heavy atom. The van der Waals surface area contributed by atoms with Gasteiger partial charge in [-0.3, -0.25) is 14.1 Å².